The molecule has 1 amide bonds. The number of benzene rings is 2. The first-order valence-corrected chi connectivity index (χ1v) is 7.36. The van der Waals surface area contributed by atoms with Crippen molar-refractivity contribution in [3.8, 4) is 11.5 Å². The van der Waals surface area contributed by atoms with Crippen LogP contribution < -0.4 is 14.8 Å². The highest BCUT2D eigenvalue weighted by Gasteiger charge is 2.11. The van der Waals surface area contributed by atoms with Crippen molar-refractivity contribution in [1.82, 2.24) is 4.90 Å². The van der Waals surface area contributed by atoms with Crippen LogP contribution in [0.4, 0.5) is 5.69 Å². The highest BCUT2D eigenvalue weighted by Crippen LogP contribution is 2.28. The number of ether oxygens (including phenoxy) is 2. The monoisotopic (exact) mass is 314 g/mol. The average molecular weight is 314 g/mol. The molecule has 0 spiro atoms. The van der Waals surface area contributed by atoms with Gasteiger partial charge >= 0.3 is 0 Å². The number of carbonyl (C=O) groups excluding carboxylic acids is 1. The van der Waals surface area contributed by atoms with Crippen molar-refractivity contribution < 1.29 is 14.3 Å². The lowest BCUT2D eigenvalue weighted by Gasteiger charge is -2.17. The minimum Gasteiger partial charge on any atom is -0.497 e. The maximum absolute atomic E-state index is 12.2. The Morgan fingerprint density at radius 1 is 1.09 bits per heavy atom. The zero-order valence-electron chi connectivity index (χ0n) is 13.7. The second-order valence-electron chi connectivity index (χ2n) is 5.27. The van der Waals surface area contributed by atoms with Crippen LogP contribution in [0, 0.1) is 0 Å². The Morgan fingerprint density at radius 2 is 1.83 bits per heavy atom. The van der Waals surface area contributed by atoms with E-state index in [1.807, 2.05) is 42.3 Å². The van der Waals surface area contributed by atoms with Gasteiger partial charge in [-0.2, -0.15) is 0 Å². The summed E-state index contributed by atoms with van der Waals surface area (Å²) in [6.45, 7) is 0.999. The molecule has 0 aliphatic carbocycles. The first kappa shape index (κ1) is 16.8. The predicted molar refractivity (Wildman–Crippen MR) is 91.0 cm³/mol. The second-order valence-corrected chi connectivity index (χ2v) is 5.27. The lowest BCUT2D eigenvalue weighted by Crippen LogP contribution is -2.29. The van der Waals surface area contributed by atoms with Crippen molar-refractivity contribution in [2.75, 3.05) is 33.1 Å². The fourth-order valence-corrected chi connectivity index (χ4v) is 2.30. The van der Waals surface area contributed by atoms with Crippen LogP contribution in [0.2, 0.25) is 0 Å². The van der Waals surface area contributed by atoms with E-state index >= 15 is 0 Å². The third-order valence-corrected chi connectivity index (χ3v) is 3.39. The fraction of sp³-hybridized carbons (Fsp3) is 0.278. The number of amides is 1. The summed E-state index contributed by atoms with van der Waals surface area (Å²) in [7, 11) is 5.06. The first-order valence-electron chi connectivity index (χ1n) is 7.36. The van der Waals surface area contributed by atoms with Gasteiger partial charge in [0.15, 0.2) is 0 Å². The molecule has 2 aromatic carbocycles. The predicted octanol–water partition coefficient (Wildman–Crippen LogP) is 2.77. The fourth-order valence-electron chi connectivity index (χ4n) is 2.30. The molecule has 0 saturated carbocycles. The molecule has 0 fully saturated rings. The van der Waals surface area contributed by atoms with E-state index in [-0.39, 0.29) is 12.5 Å². The lowest BCUT2D eigenvalue weighted by atomic mass is 10.2. The Labute approximate surface area is 136 Å². The third-order valence-electron chi connectivity index (χ3n) is 3.39. The van der Waals surface area contributed by atoms with Gasteiger partial charge in [0.1, 0.15) is 11.5 Å². The molecule has 0 aliphatic heterocycles. The molecule has 122 valence electrons. The Morgan fingerprint density at radius 3 is 2.48 bits per heavy atom. The van der Waals surface area contributed by atoms with Gasteiger partial charge in [-0.1, -0.05) is 30.3 Å². The Kier molecular flexibility index (Phi) is 6.00. The molecule has 5 nitrogen and oxygen atoms in total. The molecule has 0 bridgehead atoms. The molecular weight excluding hydrogens is 292 g/mol. The Hall–Kier alpha value is -2.53. The van der Waals surface area contributed by atoms with Gasteiger partial charge in [-0.3, -0.25) is 9.69 Å². The minimum atomic E-state index is -0.102. The van der Waals surface area contributed by atoms with Gasteiger partial charge in [0, 0.05) is 12.6 Å². The van der Waals surface area contributed by atoms with E-state index in [9.17, 15) is 4.79 Å². The Bertz CT molecular complexity index is 644. The van der Waals surface area contributed by atoms with Gasteiger partial charge in [0.2, 0.25) is 5.91 Å². The molecule has 0 aliphatic rings. The van der Waals surface area contributed by atoms with Crippen molar-refractivity contribution in [2.45, 2.75) is 6.54 Å². The number of likely N-dealkylation sites (N-methyl/N-ethyl adjacent to an activating group) is 1. The quantitative estimate of drug-likeness (QED) is 0.854. The number of nitrogens with zero attached hydrogens (tertiary/aromatic N) is 1. The molecule has 5 heteroatoms. The summed E-state index contributed by atoms with van der Waals surface area (Å²) in [5.41, 5.74) is 1.77. The van der Waals surface area contributed by atoms with Crippen LogP contribution in [0.5, 0.6) is 11.5 Å². The van der Waals surface area contributed by atoms with Gasteiger partial charge < -0.3 is 14.8 Å². The van der Waals surface area contributed by atoms with Crippen molar-refractivity contribution in [3.63, 3.8) is 0 Å². The van der Waals surface area contributed by atoms with Crippen molar-refractivity contribution in [2.24, 2.45) is 0 Å². The van der Waals surface area contributed by atoms with E-state index in [4.69, 9.17) is 9.47 Å². The minimum absolute atomic E-state index is 0.102. The molecule has 0 radical (unpaired) electrons. The SMILES string of the molecule is COc1ccc(OC)c(NC(=O)CN(C)Cc2ccccc2)c1. The number of nitrogens with one attached hydrogen (secondary N) is 1. The topological polar surface area (TPSA) is 50.8 Å². The van der Waals surface area contributed by atoms with Gasteiger partial charge in [-0.25, -0.2) is 0 Å². The molecule has 0 saturated heterocycles. The normalized spacial score (nSPS) is 10.4. The summed E-state index contributed by atoms with van der Waals surface area (Å²) in [5.74, 6) is 1.17. The molecule has 0 heterocycles. The van der Waals surface area contributed by atoms with Crippen LogP contribution in [0.3, 0.4) is 0 Å². The highest BCUT2D eigenvalue weighted by atomic mass is 16.5. The van der Waals surface area contributed by atoms with Crippen molar-refractivity contribution in [3.05, 3.63) is 54.1 Å². The number of hydrogen-bond acceptors (Lipinski definition) is 4. The lowest BCUT2D eigenvalue weighted by molar-refractivity contribution is -0.117. The van der Waals surface area contributed by atoms with E-state index in [2.05, 4.69) is 5.32 Å². The van der Waals surface area contributed by atoms with Crippen LogP contribution in [-0.4, -0.2) is 38.6 Å². The number of methoxy groups -OCH3 is 2. The summed E-state index contributed by atoms with van der Waals surface area (Å²) < 4.78 is 10.4. The molecule has 23 heavy (non-hydrogen) atoms. The van der Waals surface area contributed by atoms with Crippen LogP contribution in [-0.2, 0) is 11.3 Å². The van der Waals surface area contributed by atoms with Gasteiger partial charge in [0.05, 0.1) is 26.5 Å². The maximum Gasteiger partial charge on any atom is 0.238 e. The third kappa shape index (κ3) is 5.00. The number of hydrogen-bond donors (Lipinski definition) is 1. The van der Waals surface area contributed by atoms with E-state index in [0.29, 0.717) is 23.7 Å². The average Bonchev–Trinajstić information content (AvgIpc) is 2.55. The molecule has 2 aromatic rings. The molecule has 0 atom stereocenters. The van der Waals surface area contributed by atoms with Gasteiger partial charge in [-0.05, 0) is 24.7 Å². The molecule has 1 N–H and O–H groups in total. The molecule has 0 aromatic heterocycles. The summed E-state index contributed by atoms with van der Waals surface area (Å²) in [6, 6.07) is 15.3. The number of rotatable bonds is 7. The van der Waals surface area contributed by atoms with Gasteiger partial charge in [0.25, 0.3) is 0 Å². The van der Waals surface area contributed by atoms with Crippen molar-refractivity contribution >= 4 is 11.6 Å². The molecule has 0 unspecified atom stereocenters. The standard InChI is InChI=1S/C18H22N2O3/c1-20(12-14-7-5-4-6-8-14)13-18(21)19-16-11-15(22-2)9-10-17(16)23-3/h4-11H,12-13H2,1-3H3,(H,19,21). The second kappa shape index (κ2) is 8.19. The van der Waals surface area contributed by atoms with Gasteiger partial charge in [-0.15, -0.1) is 0 Å². The van der Waals surface area contributed by atoms with Crippen LogP contribution in [0.25, 0.3) is 0 Å². The first-order chi connectivity index (χ1) is 11.1. The summed E-state index contributed by atoms with van der Waals surface area (Å²) in [6.07, 6.45) is 0. The van der Waals surface area contributed by atoms with Crippen LogP contribution in [0.15, 0.2) is 48.5 Å². The van der Waals surface area contributed by atoms with Crippen molar-refractivity contribution in [1.29, 1.82) is 0 Å². The summed E-state index contributed by atoms with van der Waals surface area (Å²) >= 11 is 0. The zero-order chi connectivity index (χ0) is 16.7. The van der Waals surface area contributed by atoms with E-state index in [0.717, 1.165) is 0 Å². The summed E-state index contributed by atoms with van der Waals surface area (Å²) in [4.78, 5) is 14.2. The smallest absolute Gasteiger partial charge is 0.238 e. The van der Waals surface area contributed by atoms with E-state index in [1.165, 1.54) is 5.56 Å². The van der Waals surface area contributed by atoms with E-state index in [1.54, 1.807) is 32.4 Å². The Balaban J connectivity index is 1.96. The largest absolute Gasteiger partial charge is 0.497 e. The van der Waals surface area contributed by atoms with E-state index < -0.39 is 0 Å². The van der Waals surface area contributed by atoms with Crippen LogP contribution >= 0.6 is 0 Å². The van der Waals surface area contributed by atoms with Crippen LogP contribution in [0.1, 0.15) is 5.56 Å². The molecule has 2 rings (SSSR count). The number of carbonyl (C=O) groups is 1. The number of anilines is 1. The molecular formula is C18H22N2O3. The summed E-state index contributed by atoms with van der Waals surface area (Å²) in [5, 5.41) is 2.87. The highest BCUT2D eigenvalue weighted by molar-refractivity contribution is 5.93. The maximum atomic E-state index is 12.2. The zero-order valence-corrected chi connectivity index (χ0v) is 13.7.